The fourth-order valence-electron chi connectivity index (χ4n) is 2.91. The number of fused-ring (bicyclic) bond motifs is 1. The molecule has 4 aromatic rings. The number of amides is 1. The molecule has 0 radical (unpaired) electrons. The van der Waals surface area contributed by atoms with Crippen molar-refractivity contribution in [1.29, 1.82) is 0 Å². The van der Waals surface area contributed by atoms with Crippen molar-refractivity contribution < 1.29 is 4.79 Å². The Labute approximate surface area is 164 Å². The van der Waals surface area contributed by atoms with E-state index in [1.165, 1.54) is 11.3 Å². The van der Waals surface area contributed by atoms with Crippen LogP contribution >= 0.6 is 22.9 Å². The summed E-state index contributed by atoms with van der Waals surface area (Å²) in [6.07, 6.45) is 0. The molecule has 3 aromatic heterocycles. The van der Waals surface area contributed by atoms with E-state index in [2.05, 4.69) is 20.4 Å². The molecule has 27 heavy (non-hydrogen) atoms. The third-order valence-corrected chi connectivity index (χ3v) is 5.37. The van der Waals surface area contributed by atoms with Crippen LogP contribution in [0.5, 0.6) is 0 Å². The average molecular weight is 398 g/mol. The lowest BCUT2D eigenvalue weighted by molar-refractivity contribution is 0.102. The molecular formula is C19H16ClN5OS. The zero-order valence-corrected chi connectivity index (χ0v) is 16.5. The average Bonchev–Trinajstić information content (AvgIpc) is 3.13. The normalized spacial score (nSPS) is 11.1. The first kappa shape index (κ1) is 17.6. The molecule has 0 saturated carbocycles. The number of anilines is 1. The second kappa shape index (κ2) is 6.75. The number of hydrogen-bond acceptors (Lipinski definition) is 5. The second-order valence-corrected chi connectivity index (χ2v) is 7.92. The van der Waals surface area contributed by atoms with E-state index in [-0.39, 0.29) is 5.91 Å². The topological polar surface area (TPSA) is 72.2 Å². The molecule has 0 aliphatic heterocycles. The highest BCUT2D eigenvalue weighted by molar-refractivity contribution is 7.11. The molecule has 1 N–H and O–H groups in total. The number of aryl methyl sites for hydroxylation is 3. The number of carbonyl (C=O) groups is 1. The Hall–Kier alpha value is -2.77. The monoisotopic (exact) mass is 397 g/mol. The van der Waals surface area contributed by atoms with Crippen molar-refractivity contribution in [1.82, 2.24) is 19.6 Å². The minimum atomic E-state index is -0.272. The lowest BCUT2D eigenvalue weighted by atomic mass is 10.1. The molecule has 0 fully saturated rings. The van der Waals surface area contributed by atoms with Gasteiger partial charge in [-0.25, -0.2) is 9.97 Å². The van der Waals surface area contributed by atoms with Crippen molar-refractivity contribution >= 4 is 40.3 Å². The maximum Gasteiger partial charge on any atom is 0.276 e. The van der Waals surface area contributed by atoms with Gasteiger partial charge < -0.3 is 5.32 Å². The first-order valence-electron chi connectivity index (χ1n) is 8.30. The first-order chi connectivity index (χ1) is 12.9. The van der Waals surface area contributed by atoms with Crippen LogP contribution in [0.3, 0.4) is 0 Å². The SMILES string of the molecule is Cc1nc(C(=O)Nc2c(C)nc3ccc(-c4ccccc4Cl)nn23)c(C)s1. The third-order valence-electron chi connectivity index (χ3n) is 4.15. The minimum absolute atomic E-state index is 0.272. The predicted octanol–water partition coefficient (Wildman–Crippen LogP) is 4.68. The summed E-state index contributed by atoms with van der Waals surface area (Å²) in [5, 5.41) is 9.01. The van der Waals surface area contributed by atoms with Crippen molar-refractivity contribution in [2.75, 3.05) is 5.32 Å². The summed E-state index contributed by atoms with van der Waals surface area (Å²) in [7, 11) is 0. The Morgan fingerprint density at radius 3 is 2.59 bits per heavy atom. The van der Waals surface area contributed by atoms with Crippen LogP contribution in [0.2, 0.25) is 5.02 Å². The fraction of sp³-hybridized carbons (Fsp3) is 0.158. The number of rotatable bonds is 3. The van der Waals surface area contributed by atoms with Gasteiger partial charge in [-0.15, -0.1) is 11.3 Å². The van der Waals surface area contributed by atoms with Gasteiger partial charge in [-0.1, -0.05) is 29.8 Å². The summed E-state index contributed by atoms with van der Waals surface area (Å²) >= 11 is 7.79. The smallest absolute Gasteiger partial charge is 0.276 e. The number of carbonyl (C=O) groups excluding carboxylic acids is 1. The minimum Gasteiger partial charge on any atom is -0.304 e. The molecule has 0 bridgehead atoms. The Morgan fingerprint density at radius 1 is 1.11 bits per heavy atom. The summed E-state index contributed by atoms with van der Waals surface area (Å²) in [6, 6.07) is 11.2. The zero-order chi connectivity index (χ0) is 19.1. The zero-order valence-electron chi connectivity index (χ0n) is 14.9. The maximum atomic E-state index is 12.7. The molecule has 0 saturated heterocycles. The summed E-state index contributed by atoms with van der Waals surface area (Å²) in [6.45, 7) is 5.60. The fourth-order valence-corrected chi connectivity index (χ4v) is 3.95. The number of nitrogens with one attached hydrogen (secondary N) is 1. The number of halogens is 1. The van der Waals surface area contributed by atoms with Gasteiger partial charge in [-0.2, -0.15) is 9.61 Å². The summed E-state index contributed by atoms with van der Waals surface area (Å²) in [5.41, 5.74) is 3.26. The first-order valence-corrected chi connectivity index (χ1v) is 9.50. The van der Waals surface area contributed by atoms with E-state index < -0.39 is 0 Å². The van der Waals surface area contributed by atoms with Crippen molar-refractivity contribution in [3.63, 3.8) is 0 Å². The van der Waals surface area contributed by atoms with Gasteiger partial charge in [0.05, 0.1) is 21.4 Å². The number of thiazole rings is 1. The number of benzene rings is 1. The predicted molar refractivity (Wildman–Crippen MR) is 108 cm³/mol. The van der Waals surface area contributed by atoms with E-state index >= 15 is 0 Å². The number of aromatic nitrogens is 4. The highest BCUT2D eigenvalue weighted by Gasteiger charge is 2.19. The van der Waals surface area contributed by atoms with E-state index in [0.29, 0.717) is 33.6 Å². The number of imidazole rings is 1. The Morgan fingerprint density at radius 2 is 1.89 bits per heavy atom. The van der Waals surface area contributed by atoms with E-state index in [9.17, 15) is 4.79 Å². The van der Waals surface area contributed by atoms with Crippen molar-refractivity contribution in [2.24, 2.45) is 0 Å². The van der Waals surface area contributed by atoms with Gasteiger partial charge in [0.1, 0.15) is 5.69 Å². The number of hydrogen-bond donors (Lipinski definition) is 1. The molecule has 6 nitrogen and oxygen atoms in total. The van der Waals surface area contributed by atoms with Gasteiger partial charge in [0, 0.05) is 10.4 Å². The van der Waals surface area contributed by atoms with Gasteiger partial charge >= 0.3 is 0 Å². The Kier molecular flexibility index (Phi) is 4.41. The molecule has 0 spiro atoms. The van der Waals surface area contributed by atoms with Gasteiger partial charge in [0.25, 0.3) is 5.91 Å². The quantitative estimate of drug-likeness (QED) is 0.544. The lowest BCUT2D eigenvalue weighted by Crippen LogP contribution is -2.16. The van der Waals surface area contributed by atoms with Crippen LogP contribution in [-0.2, 0) is 0 Å². The molecule has 0 unspecified atom stereocenters. The van der Waals surface area contributed by atoms with Crippen LogP contribution in [0.25, 0.3) is 16.9 Å². The van der Waals surface area contributed by atoms with Crippen LogP contribution in [-0.4, -0.2) is 25.5 Å². The Bertz CT molecular complexity index is 1180. The third kappa shape index (κ3) is 3.20. The van der Waals surface area contributed by atoms with E-state index in [1.807, 2.05) is 57.2 Å². The largest absolute Gasteiger partial charge is 0.304 e. The van der Waals surface area contributed by atoms with Gasteiger partial charge in [-0.3, -0.25) is 4.79 Å². The van der Waals surface area contributed by atoms with Crippen LogP contribution in [0.4, 0.5) is 5.82 Å². The molecule has 1 amide bonds. The molecule has 8 heteroatoms. The summed E-state index contributed by atoms with van der Waals surface area (Å²) in [5.74, 6) is 0.251. The molecule has 1 aromatic carbocycles. The van der Waals surface area contributed by atoms with Crippen molar-refractivity contribution in [3.05, 3.63) is 62.7 Å². The highest BCUT2D eigenvalue weighted by atomic mass is 35.5. The molecule has 4 rings (SSSR count). The second-order valence-electron chi connectivity index (χ2n) is 6.11. The molecule has 0 aliphatic carbocycles. The van der Waals surface area contributed by atoms with E-state index in [4.69, 9.17) is 11.6 Å². The molecular weight excluding hydrogens is 382 g/mol. The lowest BCUT2D eigenvalue weighted by Gasteiger charge is -2.07. The van der Waals surface area contributed by atoms with Gasteiger partial charge in [0.15, 0.2) is 11.5 Å². The highest BCUT2D eigenvalue weighted by Crippen LogP contribution is 2.27. The van der Waals surface area contributed by atoms with Crippen LogP contribution in [0, 0.1) is 20.8 Å². The summed E-state index contributed by atoms with van der Waals surface area (Å²) in [4.78, 5) is 22.4. The summed E-state index contributed by atoms with van der Waals surface area (Å²) < 4.78 is 1.63. The van der Waals surface area contributed by atoms with Gasteiger partial charge in [0.2, 0.25) is 0 Å². The Balaban J connectivity index is 1.77. The standard InChI is InChI=1S/C19H16ClN5OS/c1-10-18(23-19(26)17-11(2)27-12(3)22-17)25-16(21-10)9-8-15(24-25)13-6-4-5-7-14(13)20/h4-9H,1-3H3,(H,23,26). The van der Waals surface area contributed by atoms with E-state index in [1.54, 1.807) is 4.52 Å². The van der Waals surface area contributed by atoms with Crippen LogP contribution in [0.1, 0.15) is 26.1 Å². The van der Waals surface area contributed by atoms with Crippen molar-refractivity contribution in [3.8, 4) is 11.3 Å². The molecule has 0 aliphatic rings. The molecule has 3 heterocycles. The molecule has 0 atom stereocenters. The van der Waals surface area contributed by atoms with Crippen LogP contribution < -0.4 is 5.32 Å². The van der Waals surface area contributed by atoms with Crippen LogP contribution in [0.15, 0.2) is 36.4 Å². The molecule has 136 valence electrons. The maximum absolute atomic E-state index is 12.7. The number of nitrogens with zero attached hydrogens (tertiary/aromatic N) is 4. The van der Waals surface area contributed by atoms with Gasteiger partial charge in [-0.05, 0) is 39.0 Å². The van der Waals surface area contributed by atoms with E-state index in [0.717, 1.165) is 15.4 Å². The van der Waals surface area contributed by atoms with Crippen molar-refractivity contribution in [2.45, 2.75) is 20.8 Å².